The molecule has 0 radical (unpaired) electrons. The van der Waals surface area contributed by atoms with E-state index in [0.717, 1.165) is 12.0 Å². The number of carbonyl (C=O) groups excluding carboxylic acids is 2. The minimum absolute atomic E-state index is 0.124. The number of anilines is 1. The summed E-state index contributed by atoms with van der Waals surface area (Å²) in [6.45, 7) is 2.63. The smallest absolute Gasteiger partial charge is 0.267 e. The molecule has 3 rings (SSSR count). The molecular weight excluding hydrogens is 382 g/mol. The maximum absolute atomic E-state index is 12.5. The Morgan fingerprint density at radius 3 is 2.52 bits per heavy atom. The number of hydrogen-bond acceptors (Lipinski definition) is 4. The summed E-state index contributed by atoms with van der Waals surface area (Å²) in [4.78, 5) is 29.1. The zero-order chi connectivity index (χ0) is 19.2. The molecule has 0 aliphatic heterocycles. The molecule has 1 aromatic heterocycles. The molecule has 0 fully saturated rings. The van der Waals surface area contributed by atoms with Gasteiger partial charge in [-0.2, -0.15) is 0 Å². The number of thiazole rings is 1. The molecular formula is C20H18ClN3O2S. The summed E-state index contributed by atoms with van der Waals surface area (Å²) in [6, 6.07) is 14.1. The van der Waals surface area contributed by atoms with E-state index < -0.39 is 0 Å². The Bertz CT molecular complexity index is 954. The average Bonchev–Trinajstić information content (AvgIpc) is 3.17. The molecule has 0 saturated carbocycles. The Hall–Kier alpha value is -2.70. The Kier molecular flexibility index (Phi) is 6.21. The van der Waals surface area contributed by atoms with Crippen LogP contribution in [0.3, 0.4) is 0 Å². The largest absolute Gasteiger partial charge is 0.352 e. The number of benzene rings is 2. The lowest BCUT2D eigenvalue weighted by molar-refractivity contribution is 0.0953. The first kappa shape index (κ1) is 19.1. The predicted octanol–water partition coefficient (Wildman–Crippen LogP) is 4.86. The van der Waals surface area contributed by atoms with Gasteiger partial charge in [0.1, 0.15) is 9.88 Å². The van der Waals surface area contributed by atoms with Gasteiger partial charge in [0.25, 0.3) is 11.8 Å². The van der Waals surface area contributed by atoms with E-state index in [4.69, 9.17) is 11.6 Å². The van der Waals surface area contributed by atoms with E-state index in [0.29, 0.717) is 32.7 Å². The molecule has 0 aliphatic carbocycles. The second-order valence-corrected chi connectivity index (χ2v) is 7.23. The quantitative estimate of drug-likeness (QED) is 0.622. The third-order valence-corrected chi connectivity index (χ3v) is 5.13. The second-order valence-electron chi connectivity index (χ2n) is 5.80. The molecule has 0 atom stereocenters. The summed E-state index contributed by atoms with van der Waals surface area (Å²) >= 11 is 7.46. The molecule has 2 amide bonds. The molecule has 5 nitrogen and oxygen atoms in total. The highest BCUT2D eigenvalue weighted by Crippen LogP contribution is 2.31. The third kappa shape index (κ3) is 4.72. The lowest BCUT2D eigenvalue weighted by Gasteiger charge is -2.06. The Labute approximate surface area is 166 Å². The maximum Gasteiger partial charge on any atom is 0.267 e. The Morgan fingerprint density at radius 1 is 1.07 bits per heavy atom. The van der Waals surface area contributed by atoms with Gasteiger partial charge in [0.15, 0.2) is 0 Å². The van der Waals surface area contributed by atoms with Crippen molar-refractivity contribution in [3.8, 4) is 10.6 Å². The number of rotatable bonds is 6. The first-order valence-corrected chi connectivity index (χ1v) is 9.68. The Morgan fingerprint density at radius 2 is 1.81 bits per heavy atom. The van der Waals surface area contributed by atoms with Gasteiger partial charge in [-0.15, -0.1) is 11.3 Å². The summed E-state index contributed by atoms with van der Waals surface area (Å²) < 4.78 is 0. The van der Waals surface area contributed by atoms with Crippen molar-refractivity contribution in [1.82, 2.24) is 10.3 Å². The molecule has 2 N–H and O–H groups in total. The topological polar surface area (TPSA) is 71.1 Å². The van der Waals surface area contributed by atoms with Crippen LogP contribution >= 0.6 is 22.9 Å². The molecule has 2 aromatic carbocycles. The summed E-state index contributed by atoms with van der Waals surface area (Å²) in [5.74, 6) is -0.379. The average molecular weight is 400 g/mol. The van der Waals surface area contributed by atoms with Crippen LogP contribution in [0.5, 0.6) is 0 Å². The second kappa shape index (κ2) is 8.79. The van der Waals surface area contributed by atoms with Gasteiger partial charge in [-0.3, -0.25) is 9.59 Å². The van der Waals surface area contributed by atoms with E-state index in [2.05, 4.69) is 15.6 Å². The van der Waals surface area contributed by atoms with Crippen molar-refractivity contribution >= 4 is 40.4 Å². The van der Waals surface area contributed by atoms with Crippen LogP contribution in [-0.2, 0) is 0 Å². The number of nitrogens with one attached hydrogen (secondary N) is 2. The molecule has 0 saturated heterocycles. The van der Waals surface area contributed by atoms with Gasteiger partial charge in [-0.1, -0.05) is 36.7 Å². The fourth-order valence-electron chi connectivity index (χ4n) is 2.38. The third-order valence-electron chi connectivity index (χ3n) is 3.77. The van der Waals surface area contributed by atoms with Crippen LogP contribution in [0.1, 0.15) is 33.4 Å². The normalized spacial score (nSPS) is 10.4. The van der Waals surface area contributed by atoms with Crippen molar-refractivity contribution in [2.45, 2.75) is 13.3 Å². The van der Waals surface area contributed by atoms with E-state index in [-0.39, 0.29) is 11.8 Å². The van der Waals surface area contributed by atoms with Gasteiger partial charge in [0.05, 0.1) is 11.2 Å². The van der Waals surface area contributed by atoms with Crippen LogP contribution in [0.25, 0.3) is 10.6 Å². The highest BCUT2D eigenvalue weighted by atomic mass is 35.5. The molecule has 0 unspecified atom stereocenters. The van der Waals surface area contributed by atoms with Gasteiger partial charge in [0, 0.05) is 23.4 Å². The van der Waals surface area contributed by atoms with Crippen molar-refractivity contribution in [2.75, 3.05) is 11.9 Å². The SMILES string of the molecule is CCCNC(=O)c1ccc(NC(=O)c2cnc(-c3ccccc3Cl)s2)cc1. The van der Waals surface area contributed by atoms with E-state index >= 15 is 0 Å². The lowest BCUT2D eigenvalue weighted by atomic mass is 10.2. The van der Waals surface area contributed by atoms with E-state index in [1.54, 1.807) is 30.3 Å². The molecule has 138 valence electrons. The van der Waals surface area contributed by atoms with E-state index in [1.165, 1.54) is 17.5 Å². The Balaban J connectivity index is 1.67. The van der Waals surface area contributed by atoms with Gasteiger partial charge >= 0.3 is 0 Å². The van der Waals surface area contributed by atoms with Crippen molar-refractivity contribution in [3.05, 3.63) is 70.2 Å². The zero-order valence-corrected chi connectivity index (χ0v) is 16.2. The number of carbonyl (C=O) groups is 2. The number of nitrogens with zero attached hydrogens (tertiary/aromatic N) is 1. The van der Waals surface area contributed by atoms with Crippen molar-refractivity contribution < 1.29 is 9.59 Å². The highest BCUT2D eigenvalue weighted by Gasteiger charge is 2.14. The van der Waals surface area contributed by atoms with Crippen LogP contribution in [0, 0.1) is 0 Å². The van der Waals surface area contributed by atoms with Gasteiger partial charge in [0.2, 0.25) is 0 Å². The monoisotopic (exact) mass is 399 g/mol. The molecule has 1 heterocycles. The fourth-order valence-corrected chi connectivity index (χ4v) is 3.51. The molecule has 27 heavy (non-hydrogen) atoms. The minimum Gasteiger partial charge on any atom is -0.352 e. The van der Waals surface area contributed by atoms with Crippen LogP contribution in [0.15, 0.2) is 54.7 Å². The fraction of sp³-hybridized carbons (Fsp3) is 0.150. The summed E-state index contributed by atoms with van der Waals surface area (Å²) in [6.07, 6.45) is 2.41. The number of aromatic nitrogens is 1. The van der Waals surface area contributed by atoms with Crippen LogP contribution in [-0.4, -0.2) is 23.3 Å². The molecule has 7 heteroatoms. The predicted molar refractivity (Wildman–Crippen MR) is 110 cm³/mol. The van der Waals surface area contributed by atoms with Gasteiger partial charge in [-0.25, -0.2) is 4.98 Å². The van der Waals surface area contributed by atoms with Crippen LogP contribution in [0.4, 0.5) is 5.69 Å². The number of halogens is 1. The van der Waals surface area contributed by atoms with Crippen molar-refractivity contribution in [2.24, 2.45) is 0 Å². The summed E-state index contributed by atoms with van der Waals surface area (Å²) in [5.41, 5.74) is 1.96. The molecule has 0 bridgehead atoms. The van der Waals surface area contributed by atoms with Gasteiger partial charge < -0.3 is 10.6 Å². The van der Waals surface area contributed by atoms with Crippen LogP contribution in [0.2, 0.25) is 5.02 Å². The molecule has 0 aliphatic rings. The molecule has 3 aromatic rings. The number of amides is 2. The number of hydrogen-bond donors (Lipinski definition) is 2. The standard InChI is InChI=1S/C20H18ClN3O2S/c1-2-11-22-18(25)13-7-9-14(10-8-13)24-19(26)17-12-23-20(27-17)15-5-3-4-6-16(15)21/h3-10,12H,2,11H2,1H3,(H,22,25)(H,24,26). The lowest BCUT2D eigenvalue weighted by Crippen LogP contribution is -2.23. The maximum atomic E-state index is 12.5. The van der Waals surface area contributed by atoms with Crippen molar-refractivity contribution in [1.29, 1.82) is 0 Å². The summed E-state index contributed by atoms with van der Waals surface area (Å²) in [5, 5.41) is 6.91. The van der Waals surface area contributed by atoms with Gasteiger partial charge in [-0.05, 0) is 36.8 Å². The summed E-state index contributed by atoms with van der Waals surface area (Å²) in [7, 11) is 0. The van der Waals surface area contributed by atoms with E-state index in [1.807, 2.05) is 25.1 Å². The minimum atomic E-state index is -0.256. The highest BCUT2D eigenvalue weighted by molar-refractivity contribution is 7.17. The molecule has 0 spiro atoms. The zero-order valence-electron chi connectivity index (χ0n) is 14.7. The first-order valence-electron chi connectivity index (χ1n) is 8.49. The first-order chi connectivity index (χ1) is 13.1. The van der Waals surface area contributed by atoms with E-state index in [9.17, 15) is 9.59 Å². The van der Waals surface area contributed by atoms with Crippen LogP contribution < -0.4 is 10.6 Å². The van der Waals surface area contributed by atoms with Crippen molar-refractivity contribution in [3.63, 3.8) is 0 Å².